The summed E-state index contributed by atoms with van der Waals surface area (Å²) in [4.78, 5) is 8.66. The third-order valence-corrected chi connectivity index (χ3v) is 5.17. The largest absolute Gasteiger partial charge is 0.392 e. The number of piperidine rings is 1. The highest BCUT2D eigenvalue weighted by molar-refractivity contribution is 7.11. The van der Waals surface area contributed by atoms with Crippen LogP contribution in [0.15, 0.2) is 0 Å². The van der Waals surface area contributed by atoms with Gasteiger partial charge in [0.2, 0.25) is 0 Å². The number of aliphatic hydroxyl groups is 1. The molecule has 1 aliphatic heterocycles. The molecule has 1 saturated heterocycles. The molecule has 3 rings (SSSR count). The number of nitrogens with zero attached hydrogens (tertiary/aromatic N) is 2. The highest BCUT2D eigenvalue weighted by Crippen LogP contribution is 2.30. The number of fused-ring (bicyclic) bond motifs is 1. The molecule has 0 aromatic carbocycles. The Balaban J connectivity index is 1.66. The number of aryl methyl sites for hydroxylation is 1. The van der Waals surface area contributed by atoms with E-state index in [9.17, 15) is 5.11 Å². The predicted molar refractivity (Wildman–Crippen MR) is 73.8 cm³/mol. The van der Waals surface area contributed by atoms with Gasteiger partial charge in [-0.1, -0.05) is 6.92 Å². The Morgan fingerprint density at radius 1 is 1.44 bits per heavy atom. The zero-order valence-electron chi connectivity index (χ0n) is 11.1. The lowest BCUT2D eigenvalue weighted by Gasteiger charge is -2.29. The fourth-order valence-corrected chi connectivity index (χ4v) is 4.35. The minimum Gasteiger partial charge on any atom is -0.392 e. The second kappa shape index (κ2) is 5.27. The lowest BCUT2D eigenvalue weighted by atomic mass is 9.93. The van der Waals surface area contributed by atoms with E-state index in [1.807, 2.05) is 11.3 Å². The standard InChI is InChI=1S/C14H22N2OS/c1-10-4-5-12-13(7-10)18-14(15-12)9-16-6-2-3-11(17)8-16/h10-11,17H,2-9H2,1H3. The Morgan fingerprint density at radius 2 is 2.33 bits per heavy atom. The van der Waals surface area contributed by atoms with Gasteiger partial charge >= 0.3 is 0 Å². The number of β-amino-alcohol motifs (C(OH)–C–C–N with tert-alkyl or cyclic N) is 1. The number of likely N-dealkylation sites (tertiary alicyclic amines) is 1. The van der Waals surface area contributed by atoms with Crippen molar-refractivity contribution in [3.63, 3.8) is 0 Å². The molecule has 1 aromatic heterocycles. The maximum atomic E-state index is 9.70. The maximum absolute atomic E-state index is 9.70. The van der Waals surface area contributed by atoms with Crippen molar-refractivity contribution < 1.29 is 5.11 Å². The molecule has 1 aromatic rings. The van der Waals surface area contributed by atoms with Gasteiger partial charge in [-0.2, -0.15) is 0 Å². The van der Waals surface area contributed by atoms with Crippen molar-refractivity contribution in [1.29, 1.82) is 0 Å². The van der Waals surface area contributed by atoms with E-state index in [1.165, 1.54) is 28.4 Å². The third-order valence-electron chi connectivity index (χ3n) is 4.07. The first-order valence-electron chi connectivity index (χ1n) is 7.08. The van der Waals surface area contributed by atoms with Crippen LogP contribution in [0, 0.1) is 5.92 Å². The van der Waals surface area contributed by atoms with E-state index in [0.717, 1.165) is 44.8 Å². The molecule has 0 amide bonds. The first-order valence-corrected chi connectivity index (χ1v) is 7.90. The maximum Gasteiger partial charge on any atom is 0.107 e. The van der Waals surface area contributed by atoms with Crippen LogP contribution in [0.4, 0.5) is 0 Å². The number of hydrogen-bond acceptors (Lipinski definition) is 4. The van der Waals surface area contributed by atoms with Gasteiger partial charge in [-0.05, 0) is 44.6 Å². The molecule has 0 saturated carbocycles. The van der Waals surface area contributed by atoms with Crippen molar-refractivity contribution in [3.8, 4) is 0 Å². The number of thiazole rings is 1. The van der Waals surface area contributed by atoms with E-state index in [0.29, 0.717) is 0 Å². The predicted octanol–water partition coefficient (Wildman–Crippen LogP) is 2.22. The minimum absolute atomic E-state index is 0.131. The third kappa shape index (κ3) is 2.76. The molecule has 3 nitrogen and oxygen atoms in total. The number of aromatic nitrogens is 1. The Labute approximate surface area is 113 Å². The summed E-state index contributed by atoms with van der Waals surface area (Å²) in [6, 6.07) is 0. The summed E-state index contributed by atoms with van der Waals surface area (Å²) in [6.07, 6.45) is 5.61. The highest BCUT2D eigenvalue weighted by Gasteiger charge is 2.22. The van der Waals surface area contributed by atoms with Crippen molar-refractivity contribution in [2.45, 2.75) is 51.7 Å². The molecule has 1 fully saturated rings. The summed E-state index contributed by atoms with van der Waals surface area (Å²) < 4.78 is 0. The number of aliphatic hydroxyl groups excluding tert-OH is 1. The zero-order chi connectivity index (χ0) is 12.5. The molecule has 4 heteroatoms. The second-order valence-corrected chi connectivity index (χ2v) is 7.02. The zero-order valence-corrected chi connectivity index (χ0v) is 11.9. The first-order chi connectivity index (χ1) is 8.70. The van der Waals surface area contributed by atoms with Gasteiger partial charge in [0.05, 0.1) is 18.3 Å². The first kappa shape index (κ1) is 12.6. The van der Waals surface area contributed by atoms with Gasteiger partial charge in [-0.3, -0.25) is 4.90 Å². The van der Waals surface area contributed by atoms with Gasteiger partial charge in [-0.15, -0.1) is 11.3 Å². The molecule has 0 radical (unpaired) electrons. The van der Waals surface area contributed by atoms with Crippen LogP contribution >= 0.6 is 11.3 Å². The molecule has 1 aliphatic carbocycles. The van der Waals surface area contributed by atoms with Crippen molar-refractivity contribution >= 4 is 11.3 Å². The van der Waals surface area contributed by atoms with Crippen LogP contribution < -0.4 is 0 Å². The van der Waals surface area contributed by atoms with Crippen LogP contribution in [-0.4, -0.2) is 34.2 Å². The Bertz CT molecular complexity index is 418. The molecule has 1 N–H and O–H groups in total. The van der Waals surface area contributed by atoms with Gasteiger partial charge in [0.1, 0.15) is 5.01 Å². The molecular formula is C14H22N2OS. The van der Waals surface area contributed by atoms with Crippen LogP contribution in [0.3, 0.4) is 0 Å². The Kier molecular flexibility index (Phi) is 3.68. The molecule has 0 spiro atoms. The van der Waals surface area contributed by atoms with E-state index in [2.05, 4.69) is 11.8 Å². The Hall–Kier alpha value is -0.450. The van der Waals surface area contributed by atoms with Gasteiger partial charge in [0, 0.05) is 11.4 Å². The summed E-state index contributed by atoms with van der Waals surface area (Å²) in [5, 5.41) is 10.9. The number of hydrogen-bond donors (Lipinski definition) is 1. The fraction of sp³-hybridized carbons (Fsp3) is 0.786. The fourth-order valence-electron chi connectivity index (χ4n) is 3.03. The minimum atomic E-state index is -0.131. The van der Waals surface area contributed by atoms with Crippen LogP contribution in [-0.2, 0) is 19.4 Å². The van der Waals surface area contributed by atoms with E-state index < -0.39 is 0 Å². The van der Waals surface area contributed by atoms with E-state index in [1.54, 1.807) is 0 Å². The monoisotopic (exact) mass is 266 g/mol. The summed E-state index contributed by atoms with van der Waals surface area (Å²) in [5.41, 5.74) is 1.35. The van der Waals surface area contributed by atoms with Crippen LogP contribution in [0.2, 0.25) is 0 Å². The average Bonchev–Trinajstić information content (AvgIpc) is 2.70. The highest BCUT2D eigenvalue weighted by atomic mass is 32.1. The summed E-state index contributed by atoms with van der Waals surface area (Å²) >= 11 is 1.90. The van der Waals surface area contributed by atoms with Crippen LogP contribution in [0.5, 0.6) is 0 Å². The molecule has 2 aliphatic rings. The van der Waals surface area contributed by atoms with Crippen molar-refractivity contribution in [3.05, 3.63) is 15.6 Å². The lowest BCUT2D eigenvalue weighted by molar-refractivity contribution is 0.0668. The normalized spacial score (nSPS) is 29.2. The Morgan fingerprint density at radius 3 is 3.17 bits per heavy atom. The van der Waals surface area contributed by atoms with Crippen molar-refractivity contribution in [2.24, 2.45) is 5.92 Å². The average molecular weight is 266 g/mol. The van der Waals surface area contributed by atoms with E-state index in [4.69, 9.17) is 4.98 Å². The quantitative estimate of drug-likeness (QED) is 0.892. The molecule has 2 unspecified atom stereocenters. The molecule has 2 atom stereocenters. The lowest BCUT2D eigenvalue weighted by Crippen LogP contribution is -2.37. The molecular weight excluding hydrogens is 244 g/mol. The van der Waals surface area contributed by atoms with Crippen LogP contribution in [0.25, 0.3) is 0 Å². The number of rotatable bonds is 2. The van der Waals surface area contributed by atoms with Gasteiger partial charge in [0.15, 0.2) is 0 Å². The summed E-state index contributed by atoms with van der Waals surface area (Å²) in [6.45, 7) is 5.20. The molecule has 18 heavy (non-hydrogen) atoms. The molecule has 2 heterocycles. The smallest absolute Gasteiger partial charge is 0.107 e. The van der Waals surface area contributed by atoms with Gasteiger partial charge in [-0.25, -0.2) is 4.98 Å². The second-order valence-electron chi connectivity index (χ2n) is 5.86. The molecule has 0 bridgehead atoms. The molecule has 100 valence electrons. The van der Waals surface area contributed by atoms with E-state index in [-0.39, 0.29) is 6.10 Å². The van der Waals surface area contributed by atoms with Gasteiger partial charge < -0.3 is 5.11 Å². The topological polar surface area (TPSA) is 36.4 Å². The van der Waals surface area contributed by atoms with Crippen LogP contribution in [0.1, 0.15) is 41.8 Å². The summed E-state index contributed by atoms with van der Waals surface area (Å²) in [7, 11) is 0. The van der Waals surface area contributed by atoms with Crippen molar-refractivity contribution in [2.75, 3.05) is 13.1 Å². The SMILES string of the molecule is CC1CCc2nc(CN3CCCC(O)C3)sc2C1. The van der Waals surface area contributed by atoms with Crippen molar-refractivity contribution in [1.82, 2.24) is 9.88 Å². The van der Waals surface area contributed by atoms with Gasteiger partial charge in [0.25, 0.3) is 0 Å². The summed E-state index contributed by atoms with van der Waals surface area (Å²) in [5.74, 6) is 0.822. The van der Waals surface area contributed by atoms with E-state index >= 15 is 0 Å².